The summed E-state index contributed by atoms with van der Waals surface area (Å²) in [6.45, 7) is 8.06. The molecular weight excluding hydrogens is 437 g/mol. The van der Waals surface area contributed by atoms with Gasteiger partial charge in [-0.05, 0) is 55.8 Å². The summed E-state index contributed by atoms with van der Waals surface area (Å²) in [6.07, 6.45) is 0.180. The van der Waals surface area contributed by atoms with Crippen LogP contribution in [0.2, 0.25) is 0 Å². The predicted molar refractivity (Wildman–Crippen MR) is 127 cm³/mol. The maximum atomic E-state index is 14.4. The molecule has 1 saturated heterocycles. The molecule has 1 fully saturated rings. The highest BCUT2D eigenvalue weighted by molar-refractivity contribution is 5.94. The molecule has 34 heavy (non-hydrogen) atoms. The lowest BCUT2D eigenvalue weighted by Crippen LogP contribution is -2.56. The van der Waals surface area contributed by atoms with Crippen molar-refractivity contribution in [3.05, 3.63) is 77.6 Å². The molecule has 1 heterocycles. The Bertz CT molecular complexity index is 1080. The number of hydrogen-bond donors (Lipinski definition) is 0. The van der Waals surface area contributed by atoms with Crippen molar-refractivity contribution in [3.63, 3.8) is 0 Å². The van der Waals surface area contributed by atoms with Crippen LogP contribution in [0.5, 0.6) is 5.75 Å². The summed E-state index contributed by atoms with van der Waals surface area (Å²) in [6, 6.07) is 10.9. The Balaban J connectivity index is 1.86. The molecule has 3 amide bonds. The molecule has 0 bridgehead atoms. The Kier molecular flexibility index (Phi) is 7.71. The van der Waals surface area contributed by atoms with E-state index in [-0.39, 0.29) is 23.8 Å². The number of nitrogens with zero attached hydrogens (tertiary/aromatic N) is 3. The average Bonchev–Trinajstić information content (AvgIpc) is 2.83. The van der Waals surface area contributed by atoms with E-state index in [1.54, 1.807) is 67.2 Å². The number of amides is 3. The molecule has 0 N–H and O–H groups in total. The standard InChI is InChI=1S/C26H30FN3O4/c1-6-23(31)30-14-13-29(16-18(30)3)26(33)24(20-8-7-17(2)22(27)15-20)34-21-11-9-19(10-12-21)25(32)28(4)5/h6-12,15,18,24H,1,13-14,16H2,2-5H3/t18-,24-/m1/s1. The zero-order valence-electron chi connectivity index (χ0n) is 20.0. The first kappa shape index (κ1) is 25.0. The average molecular weight is 468 g/mol. The van der Waals surface area contributed by atoms with E-state index in [1.807, 2.05) is 6.92 Å². The van der Waals surface area contributed by atoms with Crippen LogP contribution in [0.1, 0.15) is 34.5 Å². The van der Waals surface area contributed by atoms with Crippen LogP contribution >= 0.6 is 0 Å². The van der Waals surface area contributed by atoms with Crippen molar-refractivity contribution in [2.75, 3.05) is 33.7 Å². The molecular formula is C26H30FN3O4. The van der Waals surface area contributed by atoms with Crippen molar-refractivity contribution in [2.45, 2.75) is 26.0 Å². The molecule has 2 atom stereocenters. The van der Waals surface area contributed by atoms with E-state index in [0.717, 1.165) is 0 Å². The number of aryl methyl sites for hydroxylation is 1. The van der Waals surface area contributed by atoms with E-state index in [2.05, 4.69) is 6.58 Å². The smallest absolute Gasteiger partial charge is 0.268 e. The predicted octanol–water partition coefficient (Wildman–Crippen LogP) is 3.20. The first-order chi connectivity index (χ1) is 16.1. The number of piperazine rings is 1. The largest absolute Gasteiger partial charge is 0.476 e. The minimum Gasteiger partial charge on any atom is -0.476 e. The summed E-state index contributed by atoms with van der Waals surface area (Å²) in [5, 5.41) is 0. The summed E-state index contributed by atoms with van der Waals surface area (Å²) < 4.78 is 20.4. The Morgan fingerprint density at radius 2 is 1.82 bits per heavy atom. The molecule has 7 nitrogen and oxygen atoms in total. The van der Waals surface area contributed by atoms with E-state index in [1.165, 1.54) is 17.0 Å². The highest BCUT2D eigenvalue weighted by Gasteiger charge is 2.34. The minimum atomic E-state index is -1.08. The third-order valence-corrected chi connectivity index (χ3v) is 5.88. The van der Waals surface area contributed by atoms with Gasteiger partial charge in [0.2, 0.25) is 12.0 Å². The first-order valence-corrected chi connectivity index (χ1v) is 11.1. The van der Waals surface area contributed by atoms with Crippen LogP contribution in [0.4, 0.5) is 4.39 Å². The minimum absolute atomic E-state index is 0.152. The zero-order valence-corrected chi connectivity index (χ0v) is 20.0. The third kappa shape index (κ3) is 5.44. The molecule has 1 aliphatic rings. The molecule has 8 heteroatoms. The molecule has 0 radical (unpaired) electrons. The van der Waals surface area contributed by atoms with Gasteiger partial charge in [-0.15, -0.1) is 0 Å². The lowest BCUT2D eigenvalue weighted by Gasteiger charge is -2.40. The van der Waals surface area contributed by atoms with Gasteiger partial charge in [0.15, 0.2) is 0 Å². The maximum Gasteiger partial charge on any atom is 0.268 e. The molecule has 0 saturated carbocycles. The number of benzene rings is 2. The number of hydrogen-bond acceptors (Lipinski definition) is 4. The van der Waals surface area contributed by atoms with E-state index < -0.39 is 11.9 Å². The third-order valence-electron chi connectivity index (χ3n) is 5.88. The van der Waals surface area contributed by atoms with Gasteiger partial charge in [-0.3, -0.25) is 14.4 Å². The molecule has 1 aliphatic heterocycles. The summed E-state index contributed by atoms with van der Waals surface area (Å²) in [5.41, 5.74) is 1.34. The number of carbonyl (C=O) groups excluding carboxylic acids is 3. The second kappa shape index (κ2) is 10.5. The first-order valence-electron chi connectivity index (χ1n) is 11.1. The van der Waals surface area contributed by atoms with Gasteiger partial charge in [0.25, 0.3) is 11.8 Å². The fourth-order valence-electron chi connectivity index (χ4n) is 3.87. The van der Waals surface area contributed by atoms with Gasteiger partial charge in [0.1, 0.15) is 11.6 Å². The Morgan fingerprint density at radius 1 is 1.15 bits per heavy atom. The highest BCUT2D eigenvalue weighted by atomic mass is 19.1. The van der Waals surface area contributed by atoms with Crippen LogP contribution in [0.3, 0.4) is 0 Å². The molecule has 3 rings (SSSR count). The molecule has 0 unspecified atom stereocenters. The fraction of sp³-hybridized carbons (Fsp3) is 0.346. The number of carbonyl (C=O) groups is 3. The van der Waals surface area contributed by atoms with Crippen LogP contribution in [0.15, 0.2) is 55.1 Å². The second-order valence-electron chi connectivity index (χ2n) is 8.60. The SMILES string of the molecule is C=CC(=O)N1CCN(C(=O)[C@H](Oc2ccc(C(=O)N(C)C)cc2)c2ccc(C)c(F)c2)C[C@H]1C. The molecule has 0 aliphatic carbocycles. The summed E-state index contributed by atoms with van der Waals surface area (Å²) in [4.78, 5) is 42.5. The van der Waals surface area contributed by atoms with Gasteiger partial charge in [-0.2, -0.15) is 0 Å². The van der Waals surface area contributed by atoms with E-state index in [4.69, 9.17) is 4.74 Å². The van der Waals surface area contributed by atoms with E-state index in [0.29, 0.717) is 42.1 Å². The Hall–Kier alpha value is -3.68. The van der Waals surface area contributed by atoms with Crippen molar-refractivity contribution in [2.24, 2.45) is 0 Å². The monoisotopic (exact) mass is 467 g/mol. The lowest BCUT2D eigenvalue weighted by molar-refractivity contribution is -0.145. The van der Waals surface area contributed by atoms with Gasteiger partial charge >= 0.3 is 0 Å². The van der Waals surface area contributed by atoms with Gasteiger partial charge in [-0.25, -0.2) is 4.39 Å². The van der Waals surface area contributed by atoms with Crippen molar-refractivity contribution in [1.29, 1.82) is 0 Å². The highest BCUT2D eigenvalue weighted by Crippen LogP contribution is 2.27. The van der Waals surface area contributed by atoms with Crippen LogP contribution in [-0.2, 0) is 9.59 Å². The van der Waals surface area contributed by atoms with E-state index in [9.17, 15) is 18.8 Å². The number of ether oxygens (including phenoxy) is 1. The van der Waals surface area contributed by atoms with Gasteiger partial charge in [-0.1, -0.05) is 18.7 Å². The van der Waals surface area contributed by atoms with Crippen molar-refractivity contribution in [3.8, 4) is 5.75 Å². The van der Waals surface area contributed by atoms with Crippen LogP contribution in [0, 0.1) is 12.7 Å². The normalized spacial score (nSPS) is 16.6. The molecule has 180 valence electrons. The summed E-state index contributed by atoms with van der Waals surface area (Å²) >= 11 is 0. The summed E-state index contributed by atoms with van der Waals surface area (Å²) in [5.74, 6) is -0.709. The van der Waals surface area contributed by atoms with Crippen molar-refractivity contribution in [1.82, 2.24) is 14.7 Å². The van der Waals surface area contributed by atoms with E-state index >= 15 is 0 Å². The fourth-order valence-corrected chi connectivity index (χ4v) is 3.87. The van der Waals surface area contributed by atoms with Crippen LogP contribution < -0.4 is 4.74 Å². The Morgan fingerprint density at radius 3 is 2.38 bits per heavy atom. The number of halogens is 1. The number of rotatable bonds is 6. The van der Waals surface area contributed by atoms with Crippen molar-refractivity contribution >= 4 is 17.7 Å². The van der Waals surface area contributed by atoms with Gasteiger partial charge < -0.3 is 19.4 Å². The second-order valence-corrected chi connectivity index (χ2v) is 8.60. The zero-order chi connectivity index (χ0) is 25.0. The van der Waals surface area contributed by atoms with Crippen molar-refractivity contribution < 1.29 is 23.5 Å². The van der Waals surface area contributed by atoms with Crippen LogP contribution in [-0.4, -0.2) is 72.2 Å². The van der Waals surface area contributed by atoms with Crippen LogP contribution in [0.25, 0.3) is 0 Å². The Labute approximate surface area is 199 Å². The molecule has 2 aromatic rings. The molecule has 0 aromatic heterocycles. The maximum absolute atomic E-state index is 14.4. The van der Waals surface area contributed by atoms with Gasteiger partial charge in [0, 0.05) is 50.9 Å². The van der Waals surface area contributed by atoms with Gasteiger partial charge in [0.05, 0.1) is 0 Å². The topological polar surface area (TPSA) is 70.2 Å². The molecule has 0 spiro atoms. The quantitative estimate of drug-likeness (QED) is 0.612. The lowest BCUT2D eigenvalue weighted by atomic mass is 10.0. The summed E-state index contributed by atoms with van der Waals surface area (Å²) in [7, 11) is 3.33. The molecule has 2 aromatic carbocycles.